The lowest BCUT2D eigenvalue weighted by atomic mass is 10.4. The lowest BCUT2D eigenvalue weighted by Crippen LogP contribution is -2.04. The first-order chi connectivity index (χ1) is 6.66. The number of nitrogens with zero attached hydrogens (tertiary/aromatic N) is 3. The van der Waals surface area contributed by atoms with E-state index in [9.17, 15) is 0 Å². The molecule has 2 rings (SSSR count). The van der Waals surface area contributed by atoms with Crippen LogP contribution in [0.4, 0.5) is 5.95 Å². The smallest absolute Gasteiger partial charge is 0.220 e. The molecule has 0 aliphatic carbocycles. The fraction of sp³-hybridized carbons (Fsp3) is 0.286. The summed E-state index contributed by atoms with van der Waals surface area (Å²) < 4.78 is 7.04. The Kier molecular flexibility index (Phi) is 2.08. The highest BCUT2D eigenvalue weighted by Crippen LogP contribution is 2.07. The van der Waals surface area contributed by atoms with Gasteiger partial charge in [-0.05, 0) is 19.1 Å². The second kappa shape index (κ2) is 3.26. The van der Waals surface area contributed by atoms with Gasteiger partial charge in [0.2, 0.25) is 5.95 Å². The van der Waals surface area contributed by atoms with Crippen LogP contribution in [0.2, 0.25) is 0 Å². The predicted molar refractivity (Wildman–Crippen MR) is 52.2 cm³/mol. The second-order valence-electron chi connectivity index (χ2n) is 2.90. The molecule has 2 aromatic rings. The van der Waals surface area contributed by atoms with E-state index < -0.39 is 0 Å². The summed E-state index contributed by atoms with van der Waals surface area (Å²) in [5.74, 6) is 1.10. The van der Waals surface area contributed by atoms with Crippen LogP contribution < -0.4 is 5.73 Å². The molecule has 6 nitrogen and oxygen atoms in total. The highest BCUT2D eigenvalue weighted by atomic mass is 32.1. The molecule has 14 heavy (non-hydrogen) atoms. The van der Waals surface area contributed by atoms with Gasteiger partial charge in [0, 0.05) is 6.07 Å². The Morgan fingerprint density at radius 2 is 2.50 bits per heavy atom. The van der Waals surface area contributed by atoms with E-state index in [0.29, 0.717) is 17.3 Å². The van der Waals surface area contributed by atoms with Gasteiger partial charge in [-0.2, -0.15) is 0 Å². The SMILES string of the molecule is Cc1cc(Cn2c(N)n[nH]c2=S)no1. The molecule has 0 aromatic carbocycles. The number of aromatic amines is 1. The Hall–Kier alpha value is -1.63. The molecule has 0 unspecified atom stereocenters. The van der Waals surface area contributed by atoms with Gasteiger partial charge in [0.05, 0.1) is 6.54 Å². The number of rotatable bonds is 2. The van der Waals surface area contributed by atoms with Gasteiger partial charge in [-0.3, -0.25) is 4.57 Å². The van der Waals surface area contributed by atoms with Crippen LogP contribution in [0.3, 0.4) is 0 Å². The zero-order valence-electron chi connectivity index (χ0n) is 7.52. The maximum atomic E-state index is 5.59. The number of nitrogens with one attached hydrogen (secondary N) is 1. The average molecular weight is 211 g/mol. The largest absolute Gasteiger partial charge is 0.368 e. The van der Waals surface area contributed by atoms with Crippen LogP contribution >= 0.6 is 12.2 Å². The molecule has 2 aromatic heterocycles. The van der Waals surface area contributed by atoms with Gasteiger partial charge in [-0.25, -0.2) is 5.10 Å². The number of nitrogen functional groups attached to an aromatic ring is 1. The third-order valence-electron chi connectivity index (χ3n) is 1.78. The van der Waals surface area contributed by atoms with E-state index in [4.69, 9.17) is 22.5 Å². The molecule has 2 heterocycles. The highest BCUT2D eigenvalue weighted by molar-refractivity contribution is 7.71. The van der Waals surface area contributed by atoms with Crippen molar-refractivity contribution in [1.29, 1.82) is 0 Å². The van der Waals surface area contributed by atoms with E-state index in [2.05, 4.69) is 15.4 Å². The van der Waals surface area contributed by atoms with Crippen molar-refractivity contribution < 1.29 is 4.52 Å². The summed E-state index contributed by atoms with van der Waals surface area (Å²) in [7, 11) is 0. The van der Waals surface area contributed by atoms with Gasteiger partial charge in [0.1, 0.15) is 11.5 Å². The fourth-order valence-electron chi connectivity index (χ4n) is 1.14. The minimum absolute atomic E-state index is 0.343. The van der Waals surface area contributed by atoms with Crippen LogP contribution in [0.1, 0.15) is 11.5 Å². The first-order valence-electron chi connectivity index (χ1n) is 3.99. The van der Waals surface area contributed by atoms with Gasteiger partial charge in [-0.15, -0.1) is 5.10 Å². The minimum atomic E-state index is 0.343. The molecule has 0 saturated carbocycles. The number of H-pyrrole nitrogens is 1. The summed E-state index contributed by atoms with van der Waals surface area (Å²) in [6.45, 7) is 2.30. The van der Waals surface area contributed by atoms with E-state index in [1.165, 1.54) is 0 Å². The van der Waals surface area contributed by atoms with Crippen molar-refractivity contribution in [3.63, 3.8) is 0 Å². The fourth-order valence-corrected chi connectivity index (χ4v) is 1.34. The lowest BCUT2D eigenvalue weighted by molar-refractivity contribution is 0.389. The molecule has 0 radical (unpaired) electrons. The summed E-state index contributed by atoms with van der Waals surface area (Å²) in [5, 5.41) is 10.2. The average Bonchev–Trinajstić information content (AvgIpc) is 2.67. The molecule has 0 spiro atoms. The summed E-state index contributed by atoms with van der Waals surface area (Å²) >= 11 is 4.99. The molecule has 0 aliphatic rings. The number of aryl methyl sites for hydroxylation is 1. The van der Waals surface area contributed by atoms with Gasteiger partial charge in [0.15, 0.2) is 4.77 Å². The zero-order valence-corrected chi connectivity index (χ0v) is 8.34. The van der Waals surface area contributed by atoms with Crippen LogP contribution in [-0.2, 0) is 6.54 Å². The highest BCUT2D eigenvalue weighted by Gasteiger charge is 2.05. The molecule has 0 atom stereocenters. The quantitative estimate of drug-likeness (QED) is 0.720. The molecule has 0 amide bonds. The maximum absolute atomic E-state index is 5.59. The summed E-state index contributed by atoms with van der Waals surface area (Å²) in [5.41, 5.74) is 6.36. The lowest BCUT2D eigenvalue weighted by Gasteiger charge is -1.98. The van der Waals surface area contributed by atoms with Crippen LogP contribution in [0.15, 0.2) is 10.6 Å². The van der Waals surface area contributed by atoms with Crippen LogP contribution in [0.25, 0.3) is 0 Å². The second-order valence-corrected chi connectivity index (χ2v) is 3.29. The van der Waals surface area contributed by atoms with Crippen LogP contribution in [0, 0.1) is 11.7 Å². The van der Waals surface area contributed by atoms with Crippen LogP contribution in [0.5, 0.6) is 0 Å². The van der Waals surface area contributed by atoms with E-state index >= 15 is 0 Å². The van der Waals surface area contributed by atoms with Crippen molar-refractivity contribution >= 4 is 18.2 Å². The molecule has 0 aliphatic heterocycles. The summed E-state index contributed by atoms with van der Waals surface area (Å²) in [6.07, 6.45) is 0. The molecular weight excluding hydrogens is 202 g/mol. The molecule has 7 heteroatoms. The zero-order chi connectivity index (χ0) is 10.1. The van der Waals surface area contributed by atoms with E-state index in [-0.39, 0.29) is 0 Å². The van der Waals surface area contributed by atoms with Crippen molar-refractivity contribution in [3.8, 4) is 0 Å². The normalized spacial score (nSPS) is 10.6. The van der Waals surface area contributed by atoms with Crippen LogP contribution in [-0.4, -0.2) is 19.9 Å². The van der Waals surface area contributed by atoms with E-state index in [1.54, 1.807) is 4.57 Å². The maximum Gasteiger partial charge on any atom is 0.220 e. The van der Waals surface area contributed by atoms with Crippen molar-refractivity contribution in [1.82, 2.24) is 19.9 Å². The number of nitrogens with two attached hydrogens (primary N) is 1. The molecule has 0 fully saturated rings. The molecule has 0 saturated heterocycles. The van der Waals surface area contributed by atoms with Gasteiger partial charge < -0.3 is 10.3 Å². The summed E-state index contributed by atoms with van der Waals surface area (Å²) in [6, 6.07) is 1.83. The predicted octanol–water partition coefficient (Wildman–Crippen LogP) is 0.868. The topological polar surface area (TPSA) is 85.7 Å². The Bertz CT molecular complexity index is 496. The number of aromatic nitrogens is 4. The Morgan fingerprint density at radius 1 is 1.71 bits per heavy atom. The monoisotopic (exact) mass is 211 g/mol. The Balaban J connectivity index is 2.31. The van der Waals surface area contributed by atoms with Crippen molar-refractivity contribution in [2.45, 2.75) is 13.5 Å². The van der Waals surface area contributed by atoms with E-state index in [0.717, 1.165) is 11.5 Å². The van der Waals surface area contributed by atoms with Gasteiger partial charge >= 0.3 is 0 Å². The third-order valence-corrected chi connectivity index (χ3v) is 2.10. The Labute approximate surface area is 84.7 Å². The molecule has 0 bridgehead atoms. The standard InChI is InChI=1S/C7H9N5OS/c1-4-2-5(11-13-4)3-12-6(8)9-10-7(12)14/h2H,3H2,1H3,(H2,8,9)(H,10,14). The van der Waals surface area contributed by atoms with E-state index in [1.807, 2.05) is 13.0 Å². The Morgan fingerprint density at radius 3 is 3.00 bits per heavy atom. The summed E-state index contributed by atoms with van der Waals surface area (Å²) in [4.78, 5) is 0. The minimum Gasteiger partial charge on any atom is -0.368 e. The first-order valence-corrected chi connectivity index (χ1v) is 4.40. The number of hydrogen-bond acceptors (Lipinski definition) is 5. The number of anilines is 1. The van der Waals surface area contributed by atoms with Gasteiger partial charge in [-0.1, -0.05) is 5.16 Å². The molecular formula is C7H9N5OS. The van der Waals surface area contributed by atoms with Crippen molar-refractivity contribution in [2.24, 2.45) is 0 Å². The third kappa shape index (κ3) is 1.53. The first kappa shape index (κ1) is 8.95. The van der Waals surface area contributed by atoms with Crippen molar-refractivity contribution in [2.75, 3.05) is 5.73 Å². The van der Waals surface area contributed by atoms with Gasteiger partial charge in [0.25, 0.3) is 0 Å². The van der Waals surface area contributed by atoms with Crippen molar-refractivity contribution in [3.05, 3.63) is 22.3 Å². The molecule has 74 valence electrons. The molecule has 3 N–H and O–H groups in total. The number of hydrogen-bond donors (Lipinski definition) is 2.